The molecule has 0 saturated carbocycles. The van der Waals surface area contributed by atoms with Crippen molar-refractivity contribution >= 4 is 11.6 Å². The summed E-state index contributed by atoms with van der Waals surface area (Å²) in [7, 11) is 1.69. The average Bonchev–Trinajstić information content (AvgIpc) is 3.08. The normalized spacial score (nSPS) is 19.8. The van der Waals surface area contributed by atoms with E-state index < -0.39 is 0 Å². The Labute approximate surface area is 165 Å². The molecule has 0 atom stereocenters. The number of fused-ring (bicyclic) bond motifs is 1. The summed E-state index contributed by atoms with van der Waals surface area (Å²) in [6, 6.07) is 8.23. The molecule has 6 heteroatoms. The number of nitrogens with zero attached hydrogens (tertiary/aromatic N) is 3. The van der Waals surface area contributed by atoms with Gasteiger partial charge in [0.25, 0.3) is 0 Å². The lowest BCUT2D eigenvalue weighted by Gasteiger charge is -2.61. The second kappa shape index (κ2) is 6.83. The molecule has 0 unspecified atom stereocenters. The second-order valence-corrected chi connectivity index (χ2v) is 8.64. The zero-order chi connectivity index (χ0) is 19.1. The number of hydrogen-bond donors (Lipinski definition) is 1. The van der Waals surface area contributed by atoms with E-state index in [1.807, 2.05) is 17.0 Å². The Morgan fingerprint density at radius 3 is 2.64 bits per heavy atom. The fraction of sp³-hybridized carbons (Fsp3) is 0.545. The van der Waals surface area contributed by atoms with Gasteiger partial charge in [0, 0.05) is 55.8 Å². The zero-order valence-corrected chi connectivity index (χ0v) is 16.5. The molecule has 0 radical (unpaired) electrons. The Morgan fingerprint density at radius 2 is 1.89 bits per heavy atom. The van der Waals surface area contributed by atoms with Gasteiger partial charge in [0.15, 0.2) is 0 Å². The summed E-state index contributed by atoms with van der Waals surface area (Å²) in [6.07, 6.45) is 6.06. The van der Waals surface area contributed by atoms with E-state index in [-0.39, 0.29) is 5.91 Å². The Hall–Kier alpha value is -2.50. The number of H-pyrrole nitrogens is 1. The lowest BCUT2D eigenvalue weighted by Crippen LogP contribution is -2.73. The topological polar surface area (TPSA) is 61.5 Å². The Bertz CT molecular complexity index is 859. The third-order valence-electron chi connectivity index (χ3n) is 6.61. The molecule has 1 aromatic heterocycles. The predicted molar refractivity (Wildman–Crippen MR) is 108 cm³/mol. The van der Waals surface area contributed by atoms with E-state index in [2.05, 4.69) is 27.2 Å². The van der Waals surface area contributed by atoms with Gasteiger partial charge < -0.3 is 14.5 Å². The van der Waals surface area contributed by atoms with Crippen LogP contribution >= 0.6 is 0 Å². The van der Waals surface area contributed by atoms with Crippen LogP contribution in [0.4, 0.5) is 5.69 Å². The van der Waals surface area contributed by atoms with E-state index in [1.54, 1.807) is 7.11 Å². The molecule has 1 N–H and O–H groups in total. The van der Waals surface area contributed by atoms with Gasteiger partial charge in [0.05, 0.1) is 12.8 Å². The number of aromatic amines is 1. The van der Waals surface area contributed by atoms with E-state index in [1.165, 1.54) is 29.8 Å². The van der Waals surface area contributed by atoms with Crippen LogP contribution in [0.3, 0.4) is 0 Å². The highest BCUT2D eigenvalue weighted by Crippen LogP contribution is 2.42. The summed E-state index contributed by atoms with van der Waals surface area (Å²) in [5.74, 6) is 1.17. The van der Waals surface area contributed by atoms with Gasteiger partial charge in [-0.2, -0.15) is 5.10 Å². The number of carbonyl (C=O) groups excluding carboxylic acids is 1. The summed E-state index contributed by atoms with van der Waals surface area (Å²) in [6.45, 7) is 3.88. The number of aromatic nitrogens is 2. The minimum absolute atomic E-state index is 0.279. The van der Waals surface area contributed by atoms with Crippen molar-refractivity contribution < 1.29 is 9.53 Å². The summed E-state index contributed by atoms with van der Waals surface area (Å²) < 4.78 is 5.23. The fourth-order valence-electron chi connectivity index (χ4n) is 5.02. The van der Waals surface area contributed by atoms with Gasteiger partial charge >= 0.3 is 0 Å². The number of nitrogens with one attached hydrogen (secondary N) is 1. The number of benzene rings is 1. The number of ether oxygens (including phenoxy) is 1. The third kappa shape index (κ3) is 3.05. The van der Waals surface area contributed by atoms with E-state index in [9.17, 15) is 4.79 Å². The highest BCUT2D eigenvalue weighted by Gasteiger charge is 2.52. The number of amides is 1. The molecule has 1 amide bonds. The van der Waals surface area contributed by atoms with Gasteiger partial charge in [0.2, 0.25) is 5.91 Å². The largest absolute Gasteiger partial charge is 0.497 e. The summed E-state index contributed by atoms with van der Waals surface area (Å²) in [4.78, 5) is 17.0. The molecule has 5 rings (SSSR count). The lowest BCUT2D eigenvalue weighted by atomic mass is 9.72. The lowest BCUT2D eigenvalue weighted by molar-refractivity contribution is -0.145. The first-order valence-corrected chi connectivity index (χ1v) is 10.4. The van der Waals surface area contributed by atoms with Gasteiger partial charge in [-0.3, -0.25) is 9.89 Å². The molecular formula is C22H28N4O2. The first kappa shape index (κ1) is 17.6. The van der Waals surface area contributed by atoms with Crippen molar-refractivity contribution in [1.82, 2.24) is 15.1 Å². The van der Waals surface area contributed by atoms with Crippen LogP contribution in [0.1, 0.15) is 36.2 Å². The molecule has 6 nitrogen and oxygen atoms in total. The van der Waals surface area contributed by atoms with Crippen molar-refractivity contribution in [2.24, 2.45) is 5.41 Å². The van der Waals surface area contributed by atoms with Crippen LogP contribution < -0.4 is 9.64 Å². The molecule has 1 aromatic carbocycles. The number of anilines is 1. The van der Waals surface area contributed by atoms with Crippen molar-refractivity contribution in [3.63, 3.8) is 0 Å². The van der Waals surface area contributed by atoms with Gasteiger partial charge in [0.1, 0.15) is 5.75 Å². The standard InChI is InChI=1S/C22H28N4O2/c1-28-17-8-6-16(7-9-17)25-12-22(13-25)14-26(15-22)21(27)11-10-20-18-4-2-3-5-19(18)23-24-20/h6-9H,2-5,10-15H2,1H3,(H,23,24). The van der Waals surface area contributed by atoms with Gasteiger partial charge in [-0.25, -0.2) is 0 Å². The van der Waals surface area contributed by atoms with Gasteiger partial charge in [-0.1, -0.05) is 0 Å². The maximum absolute atomic E-state index is 12.6. The molecule has 148 valence electrons. The molecule has 3 aliphatic rings. The molecule has 2 aliphatic heterocycles. The van der Waals surface area contributed by atoms with Gasteiger partial charge in [-0.15, -0.1) is 0 Å². The fourth-order valence-corrected chi connectivity index (χ4v) is 5.02. The maximum atomic E-state index is 12.6. The van der Waals surface area contributed by atoms with Crippen molar-refractivity contribution in [2.75, 3.05) is 38.2 Å². The smallest absolute Gasteiger partial charge is 0.223 e. The molecule has 2 aromatic rings. The minimum atomic E-state index is 0.279. The van der Waals surface area contributed by atoms with E-state index >= 15 is 0 Å². The Kier molecular flexibility index (Phi) is 4.29. The highest BCUT2D eigenvalue weighted by molar-refractivity contribution is 5.78. The first-order chi connectivity index (χ1) is 13.7. The van der Waals surface area contributed by atoms with Crippen LogP contribution in [0.25, 0.3) is 0 Å². The molecule has 1 aliphatic carbocycles. The molecule has 2 fully saturated rings. The number of likely N-dealkylation sites (tertiary alicyclic amines) is 1. The van der Waals surface area contributed by atoms with E-state index in [0.717, 1.165) is 56.9 Å². The monoisotopic (exact) mass is 380 g/mol. The number of carbonyl (C=O) groups is 1. The van der Waals surface area contributed by atoms with Crippen molar-refractivity contribution in [1.29, 1.82) is 0 Å². The SMILES string of the molecule is COc1ccc(N2CC3(CN(C(=O)CCc4n[nH]c5c4CCCC5)C3)C2)cc1. The summed E-state index contributed by atoms with van der Waals surface area (Å²) >= 11 is 0. The number of rotatable bonds is 5. The van der Waals surface area contributed by atoms with Crippen molar-refractivity contribution in [3.8, 4) is 5.75 Å². The Morgan fingerprint density at radius 1 is 1.14 bits per heavy atom. The van der Waals surface area contributed by atoms with Crippen LogP contribution in [0.15, 0.2) is 24.3 Å². The van der Waals surface area contributed by atoms with Crippen LogP contribution in [0, 0.1) is 5.41 Å². The van der Waals surface area contributed by atoms with Crippen molar-refractivity contribution in [2.45, 2.75) is 38.5 Å². The zero-order valence-electron chi connectivity index (χ0n) is 16.5. The summed E-state index contributed by atoms with van der Waals surface area (Å²) in [5.41, 5.74) is 5.34. The molecule has 0 bridgehead atoms. The Balaban J connectivity index is 1.09. The van der Waals surface area contributed by atoms with E-state index in [0.29, 0.717) is 11.8 Å². The molecular weight excluding hydrogens is 352 g/mol. The molecule has 3 heterocycles. The molecule has 2 saturated heterocycles. The van der Waals surface area contributed by atoms with Crippen molar-refractivity contribution in [3.05, 3.63) is 41.2 Å². The molecule has 1 spiro atoms. The van der Waals surface area contributed by atoms with E-state index in [4.69, 9.17) is 4.74 Å². The minimum Gasteiger partial charge on any atom is -0.497 e. The third-order valence-corrected chi connectivity index (χ3v) is 6.61. The summed E-state index contributed by atoms with van der Waals surface area (Å²) in [5, 5.41) is 7.65. The molecule has 28 heavy (non-hydrogen) atoms. The second-order valence-electron chi connectivity index (χ2n) is 8.64. The van der Waals surface area contributed by atoms with Crippen LogP contribution in [-0.4, -0.2) is 54.3 Å². The van der Waals surface area contributed by atoms with Crippen LogP contribution in [0.5, 0.6) is 5.75 Å². The first-order valence-electron chi connectivity index (χ1n) is 10.4. The number of aryl methyl sites for hydroxylation is 2. The number of methoxy groups -OCH3 is 1. The highest BCUT2D eigenvalue weighted by atomic mass is 16.5. The maximum Gasteiger partial charge on any atom is 0.223 e. The van der Waals surface area contributed by atoms with Crippen LogP contribution in [-0.2, 0) is 24.1 Å². The van der Waals surface area contributed by atoms with Gasteiger partial charge in [-0.05, 0) is 55.5 Å². The van der Waals surface area contributed by atoms with Crippen LogP contribution in [0.2, 0.25) is 0 Å². The number of hydrogen-bond acceptors (Lipinski definition) is 4. The predicted octanol–water partition coefficient (Wildman–Crippen LogP) is 2.58. The average molecular weight is 380 g/mol. The quantitative estimate of drug-likeness (QED) is 0.866.